The molecule has 5 rings (SSSR count). The van der Waals surface area contributed by atoms with E-state index >= 15 is 0 Å². The lowest BCUT2D eigenvalue weighted by Gasteiger charge is -2.31. The first-order valence-electron chi connectivity index (χ1n) is 19.0. The van der Waals surface area contributed by atoms with Gasteiger partial charge in [-0.2, -0.15) is 4.31 Å². The van der Waals surface area contributed by atoms with Crippen LogP contribution in [-0.2, 0) is 49.3 Å². The monoisotopic (exact) mass is 846 g/mol. The van der Waals surface area contributed by atoms with Gasteiger partial charge in [-0.3, -0.25) is 9.32 Å². The number of nitrogens with one attached hydrogen (secondary N) is 1. The SMILES string of the molecule is CCOC(=O)[C@H](C)OP(=O)(COc1ccc(C[C@H](NC(=O)O[C@H]2CO[C@H]3OCC[C@H]32)[C@H](O)CN(CC(C)C)S(=O)(=O)c2ccc(C=O)cc2)cc1)Oc1ccccc1. The zero-order valence-corrected chi connectivity index (χ0v) is 34.5. The molecule has 316 valence electrons. The number of aldehydes is 1. The standard InChI is InChI=1S/C40H51N2O14PS/c1-5-50-38(45)28(4)55-57(47,56-32-9-7-6-8-10-32)26-53-31-15-11-29(12-16-31)21-35(41-40(46)54-37-25-52-39-34(37)19-20-51-39)36(44)23-42(22-27(2)3)58(48,49)33-17-13-30(24-43)14-18-33/h6-18,24,27-28,34-37,39,44H,5,19-23,25-26H2,1-4H3,(H,41,46)/t28-,34-,35-,36+,37-,39+,57?/m0/s1. The van der Waals surface area contributed by atoms with Gasteiger partial charge >= 0.3 is 19.7 Å². The summed E-state index contributed by atoms with van der Waals surface area (Å²) < 4.78 is 81.7. The van der Waals surface area contributed by atoms with Crippen LogP contribution in [0.3, 0.4) is 0 Å². The van der Waals surface area contributed by atoms with Crippen molar-refractivity contribution in [2.24, 2.45) is 11.8 Å². The number of fused-ring (bicyclic) bond motifs is 1. The summed E-state index contributed by atoms with van der Waals surface area (Å²) in [5.41, 5.74) is 0.923. The number of nitrogens with zero attached hydrogens (tertiary/aromatic N) is 1. The molecule has 2 saturated heterocycles. The Labute approximate surface area is 338 Å². The van der Waals surface area contributed by atoms with Crippen LogP contribution in [0.4, 0.5) is 4.79 Å². The predicted molar refractivity (Wildman–Crippen MR) is 210 cm³/mol. The molecule has 2 heterocycles. The zero-order chi connectivity index (χ0) is 41.9. The number of alkyl carbamates (subject to hydrolysis) is 1. The van der Waals surface area contributed by atoms with Crippen LogP contribution >= 0.6 is 7.60 Å². The topological polar surface area (TPSA) is 203 Å². The number of aliphatic hydroxyl groups is 1. The van der Waals surface area contributed by atoms with Crippen molar-refractivity contribution in [3.63, 3.8) is 0 Å². The molecule has 3 aromatic carbocycles. The lowest BCUT2D eigenvalue weighted by Crippen LogP contribution is -2.51. The van der Waals surface area contributed by atoms with Gasteiger partial charge < -0.3 is 38.6 Å². The summed E-state index contributed by atoms with van der Waals surface area (Å²) in [4.78, 5) is 36.8. The number of para-hydroxylation sites is 1. The van der Waals surface area contributed by atoms with Crippen molar-refractivity contribution in [3.8, 4) is 11.5 Å². The van der Waals surface area contributed by atoms with Gasteiger partial charge in [0, 0.05) is 18.7 Å². The van der Waals surface area contributed by atoms with Crippen LogP contribution in [0, 0.1) is 11.8 Å². The van der Waals surface area contributed by atoms with Crippen molar-refractivity contribution in [1.29, 1.82) is 0 Å². The van der Waals surface area contributed by atoms with Gasteiger partial charge in [0.1, 0.15) is 23.9 Å². The maximum absolute atomic E-state index is 13.9. The Kier molecular flexibility index (Phi) is 15.9. The Hall–Kier alpha value is -4.35. The second-order valence-electron chi connectivity index (χ2n) is 14.3. The molecule has 18 heteroatoms. The van der Waals surface area contributed by atoms with Crippen LogP contribution in [0.1, 0.15) is 50.0 Å². The van der Waals surface area contributed by atoms with E-state index in [0.29, 0.717) is 30.4 Å². The molecule has 58 heavy (non-hydrogen) atoms. The summed E-state index contributed by atoms with van der Waals surface area (Å²) in [5, 5.41) is 14.5. The highest BCUT2D eigenvalue weighted by molar-refractivity contribution is 7.89. The number of benzene rings is 3. The second kappa shape index (κ2) is 20.6. The maximum Gasteiger partial charge on any atom is 0.417 e. The largest absolute Gasteiger partial charge is 0.480 e. The fraction of sp³-hybridized carbons (Fsp3) is 0.475. The van der Waals surface area contributed by atoms with Crippen LogP contribution in [-0.4, -0.2) is 106 Å². The normalized spacial score (nSPS) is 20.4. The summed E-state index contributed by atoms with van der Waals surface area (Å²) in [5.74, 6) is -0.474. The summed E-state index contributed by atoms with van der Waals surface area (Å²) >= 11 is 0. The number of sulfonamides is 1. The first-order chi connectivity index (χ1) is 27.7. The van der Waals surface area contributed by atoms with Gasteiger partial charge in [0.25, 0.3) is 0 Å². The fourth-order valence-corrected chi connectivity index (χ4v) is 9.52. The van der Waals surface area contributed by atoms with E-state index in [9.17, 15) is 32.5 Å². The molecule has 0 aromatic heterocycles. The van der Waals surface area contributed by atoms with E-state index in [0.717, 1.165) is 4.31 Å². The average Bonchev–Trinajstić information content (AvgIpc) is 3.82. The quantitative estimate of drug-likeness (QED) is 0.0807. The molecule has 0 spiro atoms. The fourth-order valence-electron chi connectivity index (χ4n) is 6.43. The van der Waals surface area contributed by atoms with Gasteiger partial charge in [0.2, 0.25) is 16.4 Å². The van der Waals surface area contributed by atoms with Crippen LogP contribution in [0.5, 0.6) is 11.5 Å². The van der Waals surface area contributed by atoms with Gasteiger partial charge in [-0.05, 0) is 74.6 Å². The Bertz CT molecular complexity index is 1970. The molecule has 1 amide bonds. The van der Waals surface area contributed by atoms with Gasteiger partial charge in [0.15, 0.2) is 12.4 Å². The van der Waals surface area contributed by atoms with Crippen molar-refractivity contribution in [2.75, 3.05) is 39.3 Å². The van der Waals surface area contributed by atoms with E-state index in [1.165, 1.54) is 31.2 Å². The van der Waals surface area contributed by atoms with Gasteiger partial charge in [-0.25, -0.2) is 22.6 Å². The molecular formula is C40H51N2O14PS. The smallest absolute Gasteiger partial charge is 0.417 e. The zero-order valence-electron chi connectivity index (χ0n) is 32.8. The number of carbonyl (C=O) groups excluding carboxylic acids is 3. The molecule has 0 bridgehead atoms. The molecule has 3 aromatic rings. The summed E-state index contributed by atoms with van der Waals surface area (Å²) in [7, 11) is -8.23. The van der Waals surface area contributed by atoms with E-state index in [2.05, 4.69) is 5.32 Å². The molecule has 1 unspecified atom stereocenters. The summed E-state index contributed by atoms with van der Waals surface area (Å²) in [6, 6.07) is 19.2. The molecule has 0 saturated carbocycles. The Morgan fingerprint density at radius 2 is 1.69 bits per heavy atom. The molecule has 0 radical (unpaired) electrons. The van der Waals surface area contributed by atoms with E-state index in [1.807, 2.05) is 13.8 Å². The number of amides is 1. The first-order valence-corrected chi connectivity index (χ1v) is 22.2. The van der Waals surface area contributed by atoms with Gasteiger partial charge in [-0.1, -0.05) is 56.3 Å². The number of rotatable bonds is 21. The van der Waals surface area contributed by atoms with Crippen LogP contribution in [0.25, 0.3) is 0 Å². The minimum atomic E-state index is -4.14. The molecular weight excluding hydrogens is 795 g/mol. The minimum Gasteiger partial charge on any atom is -0.480 e. The molecule has 16 nitrogen and oxygen atoms in total. The van der Waals surface area contributed by atoms with Crippen molar-refractivity contribution >= 4 is 36.0 Å². The number of esters is 1. The van der Waals surface area contributed by atoms with Crippen LogP contribution in [0.2, 0.25) is 0 Å². The van der Waals surface area contributed by atoms with E-state index in [4.69, 9.17) is 32.7 Å². The Balaban J connectivity index is 1.32. The lowest BCUT2D eigenvalue weighted by atomic mass is 10.0. The first kappa shape index (κ1) is 44.7. The second-order valence-corrected chi connectivity index (χ2v) is 18.1. The van der Waals surface area contributed by atoms with Gasteiger partial charge in [-0.15, -0.1) is 0 Å². The highest BCUT2D eigenvalue weighted by Crippen LogP contribution is 2.49. The molecule has 2 aliphatic heterocycles. The Morgan fingerprint density at radius 1 is 0.983 bits per heavy atom. The van der Waals surface area contributed by atoms with Crippen molar-refractivity contribution in [2.45, 2.75) is 76.1 Å². The highest BCUT2D eigenvalue weighted by Gasteiger charge is 2.44. The van der Waals surface area contributed by atoms with E-state index in [-0.39, 0.29) is 61.0 Å². The maximum atomic E-state index is 13.9. The molecule has 7 atom stereocenters. The summed E-state index contributed by atoms with van der Waals surface area (Å²) in [6.45, 7) is 7.12. The lowest BCUT2D eigenvalue weighted by molar-refractivity contribution is -0.150. The number of hydrogen-bond donors (Lipinski definition) is 2. The van der Waals surface area contributed by atoms with Crippen LogP contribution < -0.4 is 14.6 Å². The summed E-state index contributed by atoms with van der Waals surface area (Å²) in [6.07, 6.45) is -3.74. The molecule has 2 aliphatic rings. The van der Waals surface area contributed by atoms with E-state index < -0.39 is 66.7 Å². The third-order valence-electron chi connectivity index (χ3n) is 9.32. The van der Waals surface area contributed by atoms with Gasteiger partial charge in [0.05, 0.1) is 42.8 Å². The van der Waals surface area contributed by atoms with Crippen molar-refractivity contribution in [3.05, 3.63) is 90.0 Å². The molecule has 0 aliphatic carbocycles. The third-order valence-corrected chi connectivity index (χ3v) is 12.7. The molecule has 2 fully saturated rings. The Morgan fingerprint density at radius 3 is 2.34 bits per heavy atom. The number of carbonyl (C=O) groups is 3. The number of aliphatic hydroxyl groups excluding tert-OH is 1. The van der Waals surface area contributed by atoms with Crippen molar-refractivity contribution in [1.82, 2.24) is 9.62 Å². The predicted octanol–water partition coefficient (Wildman–Crippen LogP) is 5.18. The average molecular weight is 847 g/mol. The number of ether oxygens (including phenoxy) is 5. The highest BCUT2D eigenvalue weighted by atomic mass is 32.2. The van der Waals surface area contributed by atoms with E-state index in [1.54, 1.807) is 61.5 Å². The van der Waals surface area contributed by atoms with Crippen LogP contribution in [0.15, 0.2) is 83.8 Å². The molecule has 2 N–H and O–H groups in total. The van der Waals surface area contributed by atoms with Crippen molar-refractivity contribution < 1.29 is 65.2 Å². The third kappa shape index (κ3) is 12.3. The minimum absolute atomic E-state index is 0.0340. The number of hydrogen-bond acceptors (Lipinski definition) is 14.